The van der Waals surface area contributed by atoms with E-state index in [4.69, 9.17) is 0 Å². The van der Waals surface area contributed by atoms with Gasteiger partial charge in [0.15, 0.2) is 11.0 Å². The van der Waals surface area contributed by atoms with Gasteiger partial charge in [-0.05, 0) is 22.6 Å². The number of hydrogen-bond donors (Lipinski definition) is 1. The van der Waals surface area contributed by atoms with Crippen molar-refractivity contribution in [3.8, 4) is 10.7 Å². The molecule has 0 unspecified atom stereocenters. The SMILES string of the molecule is O=C(CSc1nnc(-c2cccs2)n1Cc1ccccc1)NCc1ccccc1. The van der Waals surface area contributed by atoms with Crippen LogP contribution in [0.1, 0.15) is 11.1 Å². The van der Waals surface area contributed by atoms with Crippen molar-refractivity contribution in [3.63, 3.8) is 0 Å². The predicted molar refractivity (Wildman–Crippen MR) is 118 cm³/mol. The number of benzene rings is 2. The van der Waals surface area contributed by atoms with Gasteiger partial charge in [0.1, 0.15) is 0 Å². The van der Waals surface area contributed by atoms with Gasteiger partial charge >= 0.3 is 0 Å². The van der Waals surface area contributed by atoms with E-state index in [9.17, 15) is 4.79 Å². The van der Waals surface area contributed by atoms with Gasteiger partial charge in [-0.3, -0.25) is 9.36 Å². The van der Waals surface area contributed by atoms with Crippen molar-refractivity contribution in [2.24, 2.45) is 0 Å². The summed E-state index contributed by atoms with van der Waals surface area (Å²) in [5.74, 6) is 1.10. The molecule has 0 bridgehead atoms. The van der Waals surface area contributed by atoms with Crippen molar-refractivity contribution < 1.29 is 4.79 Å². The number of carbonyl (C=O) groups is 1. The minimum atomic E-state index is -0.0224. The molecule has 1 amide bonds. The van der Waals surface area contributed by atoms with Crippen LogP contribution in [0.15, 0.2) is 83.3 Å². The molecule has 0 aliphatic heterocycles. The first-order valence-electron chi connectivity index (χ1n) is 9.24. The van der Waals surface area contributed by atoms with Crippen LogP contribution in [0.4, 0.5) is 0 Å². The molecule has 0 saturated heterocycles. The summed E-state index contributed by atoms with van der Waals surface area (Å²) in [6, 6.07) is 24.1. The predicted octanol–water partition coefficient (Wildman–Crippen LogP) is 4.46. The molecule has 4 aromatic rings. The summed E-state index contributed by atoms with van der Waals surface area (Å²) in [6.07, 6.45) is 0. The number of nitrogens with one attached hydrogen (secondary N) is 1. The topological polar surface area (TPSA) is 59.8 Å². The Kier molecular flexibility index (Phi) is 6.38. The first kappa shape index (κ1) is 19.4. The van der Waals surface area contributed by atoms with Crippen molar-refractivity contribution in [3.05, 3.63) is 89.3 Å². The highest BCUT2D eigenvalue weighted by molar-refractivity contribution is 7.99. The third-order valence-electron chi connectivity index (χ3n) is 4.31. The van der Waals surface area contributed by atoms with E-state index in [1.807, 2.05) is 66.0 Å². The Bertz CT molecular complexity index is 1050. The molecule has 0 aliphatic carbocycles. The second-order valence-corrected chi connectivity index (χ2v) is 8.30. The largest absolute Gasteiger partial charge is 0.351 e. The van der Waals surface area contributed by atoms with E-state index in [0.717, 1.165) is 21.4 Å². The summed E-state index contributed by atoms with van der Waals surface area (Å²) >= 11 is 3.04. The van der Waals surface area contributed by atoms with Gasteiger partial charge in [0.25, 0.3) is 0 Å². The fourth-order valence-electron chi connectivity index (χ4n) is 2.87. The molecule has 0 spiro atoms. The molecule has 146 valence electrons. The Labute approximate surface area is 177 Å². The third-order valence-corrected chi connectivity index (χ3v) is 6.14. The Balaban J connectivity index is 1.46. The Hall–Kier alpha value is -2.90. The van der Waals surface area contributed by atoms with Crippen LogP contribution in [0.5, 0.6) is 0 Å². The highest BCUT2D eigenvalue weighted by atomic mass is 32.2. The van der Waals surface area contributed by atoms with Gasteiger partial charge in [-0.25, -0.2) is 0 Å². The lowest BCUT2D eigenvalue weighted by atomic mass is 10.2. The smallest absolute Gasteiger partial charge is 0.230 e. The first-order valence-corrected chi connectivity index (χ1v) is 11.1. The van der Waals surface area contributed by atoms with Crippen LogP contribution in [0.3, 0.4) is 0 Å². The van der Waals surface area contributed by atoms with Crippen LogP contribution in [-0.4, -0.2) is 26.4 Å². The maximum absolute atomic E-state index is 12.3. The number of thiophene rings is 1. The second kappa shape index (κ2) is 9.54. The standard InChI is InChI=1S/C22H20N4OS2/c27-20(23-14-17-8-3-1-4-9-17)16-29-22-25-24-21(19-12-7-13-28-19)26(22)15-18-10-5-2-6-11-18/h1-13H,14-16H2,(H,23,27). The fraction of sp³-hybridized carbons (Fsp3) is 0.136. The molecule has 0 atom stereocenters. The number of thioether (sulfide) groups is 1. The minimum Gasteiger partial charge on any atom is -0.351 e. The molecular weight excluding hydrogens is 400 g/mol. The van der Waals surface area contributed by atoms with Crippen LogP contribution in [0.2, 0.25) is 0 Å². The van der Waals surface area contributed by atoms with Gasteiger partial charge in [-0.2, -0.15) is 0 Å². The molecule has 1 N–H and O–H groups in total. The summed E-state index contributed by atoms with van der Waals surface area (Å²) in [5, 5.41) is 14.5. The summed E-state index contributed by atoms with van der Waals surface area (Å²) < 4.78 is 2.08. The molecule has 4 rings (SSSR count). The third kappa shape index (κ3) is 5.13. The molecule has 0 radical (unpaired) electrons. The molecule has 2 heterocycles. The van der Waals surface area contributed by atoms with E-state index in [1.54, 1.807) is 11.3 Å². The van der Waals surface area contributed by atoms with Crippen molar-refractivity contribution in [1.29, 1.82) is 0 Å². The Morgan fingerprint density at radius 1 is 0.931 bits per heavy atom. The van der Waals surface area contributed by atoms with E-state index < -0.39 is 0 Å². The maximum Gasteiger partial charge on any atom is 0.230 e. The van der Waals surface area contributed by atoms with E-state index in [-0.39, 0.29) is 5.91 Å². The van der Waals surface area contributed by atoms with Crippen LogP contribution in [0, 0.1) is 0 Å². The van der Waals surface area contributed by atoms with Gasteiger partial charge in [0.2, 0.25) is 5.91 Å². The van der Waals surface area contributed by atoms with Crippen molar-refractivity contribution >= 4 is 29.0 Å². The van der Waals surface area contributed by atoms with Crippen LogP contribution in [-0.2, 0) is 17.9 Å². The number of carbonyl (C=O) groups excluding carboxylic acids is 1. The Morgan fingerprint density at radius 2 is 1.66 bits per heavy atom. The highest BCUT2D eigenvalue weighted by Gasteiger charge is 2.16. The first-order chi connectivity index (χ1) is 14.3. The second-order valence-electron chi connectivity index (χ2n) is 6.41. The molecule has 2 aromatic carbocycles. The highest BCUT2D eigenvalue weighted by Crippen LogP contribution is 2.28. The summed E-state index contributed by atoms with van der Waals surface area (Å²) in [7, 11) is 0. The normalized spacial score (nSPS) is 10.8. The number of amides is 1. The fourth-order valence-corrected chi connectivity index (χ4v) is 4.35. The van der Waals surface area contributed by atoms with E-state index >= 15 is 0 Å². The molecule has 0 fully saturated rings. The van der Waals surface area contributed by atoms with Gasteiger partial charge in [-0.15, -0.1) is 21.5 Å². The zero-order chi connectivity index (χ0) is 19.9. The van der Waals surface area contributed by atoms with Gasteiger partial charge in [0.05, 0.1) is 17.2 Å². The van der Waals surface area contributed by atoms with E-state index in [0.29, 0.717) is 18.8 Å². The minimum absolute atomic E-state index is 0.0224. The molecule has 5 nitrogen and oxygen atoms in total. The summed E-state index contributed by atoms with van der Waals surface area (Å²) in [6.45, 7) is 1.19. The quantitative estimate of drug-likeness (QED) is 0.428. The lowest BCUT2D eigenvalue weighted by Crippen LogP contribution is -2.24. The van der Waals surface area contributed by atoms with Crippen molar-refractivity contribution in [1.82, 2.24) is 20.1 Å². The average molecular weight is 421 g/mol. The van der Waals surface area contributed by atoms with Crippen LogP contribution in [0.25, 0.3) is 10.7 Å². The molecule has 2 aromatic heterocycles. The number of hydrogen-bond acceptors (Lipinski definition) is 5. The lowest BCUT2D eigenvalue weighted by Gasteiger charge is -2.10. The molecule has 7 heteroatoms. The van der Waals surface area contributed by atoms with Crippen LogP contribution >= 0.6 is 23.1 Å². The zero-order valence-corrected chi connectivity index (χ0v) is 17.3. The molecule has 29 heavy (non-hydrogen) atoms. The summed E-state index contributed by atoms with van der Waals surface area (Å²) in [5.41, 5.74) is 2.25. The van der Waals surface area contributed by atoms with Crippen molar-refractivity contribution in [2.75, 3.05) is 5.75 Å². The number of nitrogens with zero attached hydrogens (tertiary/aromatic N) is 3. The molecule has 0 saturated carbocycles. The van der Waals surface area contributed by atoms with E-state index in [1.165, 1.54) is 17.3 Å². The molecular formula is C22H20N4OS2. The maximum atomic E-state index is 12.3. The van der Waals surface area contributed by atoms with Gasteiger partial charge < -0.3 is 5.32 Å². The lowest BCUT2D eigenvalue weighted by molar-refractivity contribution is -0.118. The number of rotatable bonds is 8. The monoisotopic (exact) mass is 420 g/mol. The van der Waals surface area contributed by atoms with Crippen LogP contribution < -0.4 is 5.32 Å². The van der Waals surface area contributed by atoms with Gasteiger partial charge in [-0.1, -0.05) is 78.5 Å². The average Bonchev–Trinajstić information content (AvgIpc) is 3.42. The zero-order valence-electron chi connectivity index (χ0n) is 15.7. The van der Waals surface area contributed by atoms with E-state index in [2.05, 4.69) is 32.2 Å². The summed E-state index contributed by atoms with van der Waals surface area (Å²) in [4.78, 5) is 13.4. The van der Waals surface area contributed by atoms with Crippen molar-refractivity contribution in [2.45, 2.75) is 18.2 Å². The molecule has 0 aliphatic rings. The number of aromatic nitrogens is 3. The Morgan fingerprint density at radius 3 is 2.34 bits per heavy atom. The van der Waals surface area contributed by atoms with Gasteiger partial charge in [0, 0.05) is 6.54 Å².